The van der Waals surface area contributed by atoms with Crippen molar-refractivity contribution < 1.29 is 14.3 Å². The van der Waals surface area contributed by atoms with Crippen molar-refractivity contribution in [2.75, 3.05) is 19.5 Å². The van der Waals surface area contributed by atoms with Gasteiger partial charge in [-0.05, 0) is 23.6 Å². The number of nitrogens with one attached hydrogen (secondary N) is 1. The molecule has 2 atom stereocenters. The second kappa shape index (κ2) is 7.33. The lowest BCUT2D eigenvalue weighted by molar-refractivity contribution is -0.116. The van der Waals surface area contributed by atoms with E-state index < -0.39 is 0 Å². The molecule has 2 aliphatic rings. The quantitative estimate of drug-likeness (QED) is 0.717. The number of anilines is 1. The average molecular weight is 402 g/mol. The van der Waals surface area contributed by atoms with E-state index in [1.807, 2.05) is 48.5 Å². The normalized spacial score (nSPS) is 20.3. The molecule has 7 heteroatoms. The fourth-order valence-corrected chi connectivity index (χ4v) is 4.47. The molecule has 0 bridgehead atoms. The summed E-state index contributed by atoms with van der Waals surface area (Å²) in [6.45, 7) is 0. The van der Waals surface area contributed by atoms with Crippen molar-refractivity contribution in [2.24, 2.45) is 0 Å². The summed E-state index contributed by atoms with van der Waals surface area (Å²) in [5, 5.41) is 7.74. The van der Waals surface area contributed by atoms with Gasteiger partial charge in [0.1, 0.15) is 23.9 Å². The van der Waals surface area contributed by atoms with Crippen LogP contribution in [0.2, 0.25) is 0 Å². The maximum atomic E-state index is 13.4. The molecule has 1 N–H and O–H groups in total. The van der Waals surface area contributed by atoms with E-state index in [2.05, 4.69) is 15.4 Å². The number of ether oxygens (including phenoxy) is 2. The van der Waals surface area contributed by atoms with Gasteiger partial charge < -0.3 is 14.8 Å². The molecule has 30 heavy (non-hydrogen) atoms. The summed E-state index contributed by atoms with van der Waals surface area (Å²) in [5.41, 5.74) is 3.70. The molecule has 2 aromatic carbocycles. The van der Waals surface area contributed by atoms with Gasteiger partial charge in [0.25, 0.3) is 0 Å². The van der Waals surface area contributed by atoms with Gasteiger partial charge in [0, 0.05) is 29.7 Å². The monoisotopic (exact) mass is 402 g/mol. The van der Waals surface area contributed by atoms with Crippen LogP contribution < -0.4 is 14.8 Å². The third-order valence-corrected chi connectivity index (χ3v) is 5.86. The number of benzene rings is 2. The highest BCUT2D eigenvalue weighted by Crippen LogP contribution is 2.45. The highest BCUT2D eigenvalue weighted by atomic mass is 16.5. The van der Waals surface area contributed by atoms with E-state index in [0.717, 1.165) is 33.9 Å². The Morgan fingerprint density at radius 2 is 1.90 bits per heavy atom. The number of carbonyl (C=O) groups is 1. The molecule has 1 aromatic heterocycles. The van der Waals surface area contributed by atoms with Gasteiger partial charge in [-0.3, -0.25) is 4.79 Å². The number of ketones is 1. The first-order valence-electron chi connectivity index (χ1n) is 9.89. The van der Waals surface area contributed by atoms with Crippen LogP contribution in [-0.4, -0.2) is 34.8 Å². The Bertz CT molecular complexity index is 1140. The van der Waals surface area contributed by atoms with Crippen molar-refractivity contribution in [1.29, 1.82) is 0 Å². The average Bonchev–Trinajstić information content (AvgIpc) is 3.25. The third-order valence-electron chi connectivity index (χ3n) is 5.86. The Morgan fingerprint density at radius 3 is 2.67 bits per heavy atom. The molecule has 3 aromatic rings. The van der Waals surface area contributed by atoms with E-state index in [4.69, 9.17) is 9.47 Å². The SMILES string of the molecule is COc1ccc([C@@H]2CC(=O)C3=C(C2)Nc2ncnn2[C@H]3c2ccccc2)c(OC)c1. The molecule has 5 rings (SSSR count). The van der Waals surface area contributed by atoms with Gasteiger partial charge >= 0.3 is 0 Å². The standard InChI is InChI=1S/C23H22N4O3/c1-29-16-8-9-17(20(12-16)30-2)15-10-18-21(19(28)11-15)22(14-6-4-3-5-7-14)27-23(26-18)24-13-25-27/h3-9,12-13,15,22H,10-11H2,1-2H3,(H,24,25,26)/t15-,22-/m0/s1. The molecule has 1 aliphatic heterocycles. The van der Waals surface area contributed by atoms with Gasteiger partial charge in [-0.15, -0.1) is 0 Å². The first-order chi connectivity index (χ1) is 14.7. The smallest absolute Gasteiger partial charge is 0.226 e. The number of allylic oxidation sites excluding steroid dienone is 2. The van der Waals surface area contributed by atoms with Crippen molar-refractivity contribution in [2.45, 2.75) is 24.8 Å². The maximum Gasteiger partial charge on any atom is 0.226 e. The summed E-state index contributed by atoms with van der Waals surface area (Å²) in [4.78, 5) is 17.8. The molecule has 0 unspecified atom stereocenters. The molecule has 152 valence electrons. The van der Waals surface area contributed by atoms with E-state index in [1.54, 1.807) is 18.9 Å². The molecule has 0 fully saturated rings. The van der Waals surface area contributed by atoms with E-state index in [9.17, 15) is 4.79 Å². The van der Waals surface area contributed by atoms with Crippen molar-refractivity contribution in [3.05, 3.63) is 77.3 Å². The molecule has 1 aliphatic carbocycles. The zero-order valence-electron chi connectivity index (χ0n) is 16.8. The van der Waals surface area contributed by atoms with Gasteiger partial charge in [-0.1, -0.05) is 36.4 Å². The number of aromatic nitrogens is 3. The Labute approximate surface area is 174 Å². The van der Waals surface area contributed by atoms with Crippen LogP contribution in [0, 0.1) is 0 Å². The highest BCUT2D eigenvalue weighted by molar-refractivity contribution is 6.00. The fraction of sp³-hybridized carbons (Fsp3) is 0.261. The second-order valence-electron chi connectivity index (χ2n) is 7.49. The fourth-order valence-electron chi connectivity index (χ4n) is 4.47. The molecule has 7 nitrogen and oxygen atoms in total. The predicted molar refractivity (Wildman–Crippen MR) is 112 cm³/mol. The van der Waals surface area contributed by atoms with Gasteiger partial charge in [-0.25, -0.2) is 4.68 Å². The number of carbonyl (C=O) groups excluding carboxylic acids is 1. The van der Waals surface area contributed by atoms with Gasteiger partial charge in [-0.2, -0.15) is 10.1 Å². The minimum Gasteiger partial charge on any atom is -0.497 e. The Hall–Kier alpha value is -3.61. The summed E-state index contributed by atoms with van der Waals surface area (Å²) >= 11 is 0. The molecule has 2 heterocycles. The van der Waals surface area contributed by atoms with Crippen LogP contribution >= 0.6 is 0 Å². The van der Waals surface area contributed by atoms with Crippen LogP contribution in [0.5, 0.6) is 11.5 Å². The van der Waals surface area contributed by atoms with Crippen molar-refractivity contribution >= 4 is 11.7 Å². The Balaban J connectivity index is 1.57. The summed E-state index contributed by atoms with van der Waals surface area (Å²) < 4.78 is 12.7. The van der Waals surface area contributed by atoms with Crippen LogP contribution in [0.4, 0.5) is 5.95 Å². The second-order valence-corrected chi connectivity index (χ2v) is 7.49. The minimum absolute atomic E-state index is 0.00972. The number of hydrogen-bond acceptors (Lipinski definition) is 6. The van der Waals surface area contributed by atoms with Crippen molar-refractivity contribution in [3.8, 4) is 11.5 Å². The minimum atomic E-state index is -0.272. The number of nitrogens with zero attached hydrogens (tertiary/aromatic N) is 3. The lowest BCUT2D eigenvalue weighted by atomic mass is 9.77. The van der Waals surface area contributed by atoms with E-state index in [1.165, 1.54) is 6.33 Å². The van der Waals surface area contributed by atoms with Crippen LogP contribution in [0.1, 0.15) is 35.9 Å². The largest absolute Gasteiger partial charge is 0.497 e. The molecule has 0 spiro atoms. The number of Topliss-reactive ketones (excluding diaryl/α,β-unsaturated/α-hetero) is 1. The lowest BCUT2D eigenvalue weighted by Crippen LogP contribution is -2.33. The molecule has 0 radical (unpaired) electrons. The molecule has 0 amide bonds. The summed E-state index contributed by atoms with van der Waals surface area (Å²) in [5.74, 6) is 2.23. The van der Waals surface area contributed by atoms with Crippen LogP contribution in [-0.2, 0) is 4.79 Å². The van der Waals surface area contributed by atoms with Crippen LogP contribution in [0.3, 0.4) is 0 Å². The van der Waals surface area contributed by atoms with E-state index in [0.29, 0.717) is 18.8 Å². The maximum absolute atomic E-state index is 13.4. The highest BCUT2D eigenvalue weighted by Gasteiger charge is 2.39. The predicted octanol–water partition coefficient (Wildman–Crippen LogP) is 3.71. The van der Waals surface area contributed by atoms with E-state index >= 15 is 0 Å². The Kier molecular flexibility index (Phi) is 4.50. The number of rotatable bonds is 4. The van der Waals surface area contributed by atoms with Crippen LogP contribution in [0.25, 0.3) is 0 Å². The topological polar surface area (TPSA) is 78.3 Å². The Morgan fingerprint density at radius 1 is 1.07 bits per heavy atom. The van der Waals surface area contributed by atoms with Crippen molar-refractivity contribution in [1.82, 2.24) is 14.8 Å². The number of fused-ring (bicyclic) bond motifs is 1. The number of methoxy groups -OCH3 is 2. The van der Waals surface area contributed by atoms with Crippen LogP contribution in [0.15, 0.2) is 66.1 Å². The molecular formula is C23H22N4O3. The van der Waals surface area contributed by atoms with Gasteiger partial charge in [0.15, 0.2) is 5.78 Å². The van der Waals surface area contributed by atoms with E-state index in [-0.39, 0.29) is 17.7 Å². The molecule has 0 saturated carbocycles. The zero-order chi connectivity index (χ0) is 20.7. The van der Waals surface area contributed by atoms with Crippen molar-refractivity contribution in [3.63, 3.8) is 0 Å². The summed E-state index contributed by atoms with van der Waals surface area (Å²) in [6, 6.07) is 15.5. The zero-order valence-corrected chi connectivity index (χ0v) is 16.8. The number of hydrogen-bond donors (Lipinski definition) is 1. The first kappa shape index (κ1) is 18.4. The molecular weight excluding hydrogens is 380 g/mol. The first-order valence-corrected chi connectivity index (χ1v) is 9.89. The van der Waals surface area contributed by atoms with Gasteiger partial charge in [0.2, 0.25) is 5.95 Å². The third kappa shape index (κ3) is 2.94. The summed E-state index contributed by atoms with van der Waals surface area (Å²) in [7, 11) is 3.27. The summed E-state index contributed by atoms with van der Waals surface area (Å²) in [6.07, 6.45) is 2.63. The molecule has 0 saturated heterocycles. The lowest BCUT2D eigenvalue weighted by Gasteiger charge is -2.35. The van der Waals surface area contributed by atoms with Gasteiger partial charge in [0.05, 0.1) is 14.2 Å².